The maximum atomic E-state index is 12.0. The van der Waals surface area contributed by atoms with E-state index in [1.807, 2.05) is 11.8 Å². The van der Waals surface area contributed by atoms with Crippen molar-refractivity contribution in [2.45, 2.75) is 31.3 Å². The summed E-state index contributed by atoms with van der Waals surface area (Å²) >= 11 is 1.83. The zero-order chi connectivity index (χ0) is 9.54. The monoisotopic (exact) mass is 248 g/mol. The number of nitrogens with zero attached hydrogens (tertiary/aromatic N) is 1. The number of carbonyl (C=O) groups is 1. The van der Waals surface area contributed by atoms with Crippen LogP contribution in [-0.2, 0) is 4.79 Å². The molecule has 3 fully saturated rings. The third-order valence-electron chi connectivity index (χ3n) is 3.75. The highest BCUT2D eigenvalue weighted by Gasteiger charge is 2.46. The summed E-state index contributed by atoms with van der Waals surface area (Å²) in [6.07, 6.45) is 3.92. The molecule has 2 aliphatic heterocycles. The summed E-state index contributed by atoms with van der Waals surface area (Å²) < 4.78 is 0. The van der Waals surface area contributed by atoms with Crippen LogP contribution in [0.2, 0.25) is 0 Å². The van der Waals surface area contributed by atoms with Gasteiger partial charge in [0.25, 0.3) is 0 Å². The Balaban J connectivity index is 0.000000853. The Morgan fingerprint density at radius 3 is 2.93 bits per heavy atom. The summed E-state index contributed by atoms with van der Waals surface area (Å²) in [6, 6.07) is 0.719. The topological polar surface area (TPSA) is 32.3 Å². The fourth-order valence-corrected chi connectivity index (χ4v) is 3.83. The average molecular weight is 249 g/mol. The van der Waals surface area contributed by atoms with E-state index in [4.69, 9.17) is 0 Å². The smallest absolute Gasteiger partial charge is 0.240 e. The molecule has 3 aliphatic rings. The summed E-state index contributed by atoms with van der Waals surface area (Å²) in [7, 11) is 0. The number of halogens is 1. The van der Waals surface area contributed by atoms with Crippen molar-refractivity contribution in [3.63, 3.8) is 0 Å². The number of fused-ring (bicyclic) bond motifs is 1. The van der Waals surface area contributed by atoms with Crippen molar-refractivity contribution in [3.05, 3.63) is 0 Å². The van der Waals surface area contributed by atoms with E-state index in [2.05, 4.69) is 10.2 Å². The highest BCUT2D eigenvalue weighted by Crippen LogP contribution is 2.39. The highest BCUT2D eigenvalue weighted by atomic mass is 35.5. The van der Waals surface area contributed by atoms with E-state index in [9.17, 15) is 4.79 Å². The normalized spacial score (nSPS) is 38.1. The molecule has 0 bridgehead atoms. The number of thioether (sulfide) groups is 1. The fourth-order valence-electron chi connectivity index (χ4n) is 2.90. The van der Waals surface area contributed by atoms with Gasteiger partial charge in [-0.2, -0.15) is 0 Å². The van der Waals surface area contributed by atoms with Gasteiger partial charge in [0.15, 0.2) is 0 Å². The van der Waals surface area contributed by atoms with Gasteiger partial charge in [0, 0.05) is 24.2 Å². The second-order valence-corrected chi connectivity index (χ2v) is 5.55. The van der Waals surface area contributed by atoms with Gasteiger partial charge < -0.3 is 4.90 Å². The first-order valence-electron chi connectivity index (χ1n) is 5.48. The SMILES string of the molecule is Cl.O=C([C@H]1CSCN1)N1CC2CCCC21. The molecular weight excluding hydrogens is 232 g/mol. The summed E-state index contributed by atoms with van der Waals surface area (Å²) in [4.78, 5) is 14.1. The summed E-state index contributed by atoms with van der Waals surface area (Å²) in [5, 5.41) is 3.26. The van der Waals surface area contributed by atoms with Crippen molar-refractivity contribution < 1.29 is 4.79 Å². The zero-order valence-electron chi connectivity index (χ0n) is 8.65. The van der Waals surface area contributed by atoms with Crippen LogP contribution in [0.15, 0.2) is 0 Å². The fraction of sp³-hybridized carbons (Fsp3) is 0.900. The number of rotatable bonds is 1. The summed E-state index contributed by atoms with van der Waals surface area (Å²) in [6.45, 7) is 1.03. The first kappa shape index (κ1) is 11.6. The molecule has 3 rings (SSSR count). The van der Waals surface area contributed by atoms with Crippen molar-refractivity contribution >= 4 is 30.1 Å². The van der Waals surface area contributed by atoms with Crippen LogP contribution in [0.1, 0.15) is 19.3 Å². The first-order valence-corrected chi connectivity index (χ1v) is 6.63. The third kappa shape index (κ3) is 1.87. The van der Waals surface area contributed by atoms with Gasteiger partial charge in [0.05, 0.1) is 6.04 Å². The lowest BCUT2D eigenvalue weighted by molar-refractivity contribution is -0.143. The second-order valence-electron chi connectivity index (χ2n) is 4.52. The lowest BCUT2D eigenvalue weighted by atomic mass is 9.91. The molecular formula is C10H17ClN2OS. The maximum Gasteiger partial charge on any atom is 0.240 e. The second kappa shape index (κ2) is 4.52. The van der Waals surface area contributed by atoms with Crippen LogP contribution < -0.4 is 5.32 Å². The Morgan fingerprint density at radius 2 is 2.27 bits per heavy atom. The number of likely N-dealkylation sites (tertiary alicyclic amines) is 1. The minimum atomic E-state index is 0. The molecule has 3 atom stereocenters. The van der Waals surface area contributed by atoms with E-state index in [1.165, 1.54) is 19.3 Å². The lowest BCUT2D eigenvalue weighted by Crippen LogP contribution is -2.60. The van der Waals surface area contributed by atoms with Gasteiger partial charge in [-0.15, -0.1) is 24.2 Å². The minimum Gasteiger partial charge on any atom is -0.338 e. The van der Waals surface area contributed by atoms with Gasteiger partial charge in [-0.05, 0) is 18.8 Å². The van der Waals surface area contributed by atoms with Crippen LogP contribution in [-0.4, -0.2) is 41.1 Å². The molecule has 1 aliphatic carbocycles. The van der Waals surface area contributed by atoms with E-state index in [-0.39, 0.29) is 18.4 Å². The standard InChI is InChI=1S/C10H16N2OS.ClH/c13-10(8-5-14-6-11-8)12-4-7-2-1-3-9(7)12;/h7-9,11H,1-6H2;1H/t7?,8-,9?;/m1./s1. The third-order valence-corrected chi connectivity index (χ3v) is 4.69. The van der Waals surface area contributed by atoms with Crippen molar-refractivity contribution in [2.75, 3.05) is 18.2 Å². The van der Waals surface area contributed by atoms with E-state index in [0.717, 1.165) is 24.1 Å². The zero-order valence-corrected chi connectivity index (χ0v) is 10.3. The number of hydrogen-bond acceptors (Lipinski definition) is 3. The van der Waals surface area contributed by atoms with Gasteiger partial charge in [-0.25, -0.2) is 0 Å². The van der Waals surface area contributed by atoms with Gasteiger partial charge in [0.1, 0.15) is 0 Å². The van der Waals surface area contributed by atoms with Crippen molar-refractivity contribution in [1.82, 2.24) is 10.2 Å². The molecule has 2 saturated heterocycles. The Hall–Kier alpha value is 0.0700. The van der Waals surface area contributed by atoms with Crippen LogP contribution in [0, 0.1) is 5.92 Å². The van der Waals surface area contributed by atoms with Crippen LogP contribution in [0.25, 0.3) is 0 Å². The van der Waals surface area contributed by atoms with Gasteiger partial charge in [-0.3, -0.25) is 10.1 Å². The Kier molecular flexibility index (Phi) is 3.48. The first-order chi connectivity index (χ1) is 6.86. The average Bonchev–Trinajstić information content (AvgIpc) is 2.75. The molecule has 1 amide bonds. The molecule has 2 heterocycles. The summed E-state index contributed by atoms with van der Waals surface area (Å²) in [5.74, 6) is 3.11. The molecule has 2 unspecified atom stereocenters. The quantitative estimate of drug-likeness (QED) is 0.754. The molecule has 3 nitrogen and oxygen atoms in total. The predicted molar refractivity (Wildman–Crippen MR) is 64.3 cm³/mol. The molecule has 0 aromatic heterocycles. The summed E-state index contributed by atoms with van der Waals surface area (Å²) in [5.41, 5.74) is 0. The molecule has 0 aromatic carbocycles. The number of amides is 1. The van der Waals surface area contributed by atoms with Crippen LogP contribution in [0.3, 0.4) is 0 Å². The van der Waals surface area contributed by atoms with E-state index < -0.39 is 0 Å². The minimum absolute atomic E-state index is 0. The molecule has 86 valence electrons. The van der Waals surface area contributed by atoms with Crippen LogP contribution >= 0.6 is 24.2 Å². The van der Waals surface area contributed by atoms with E-state index in [0.29, 0.717) is 11.9 Å². The number of hydrogen-bond donors (Lipinski definition) is 1. The van der Waals surface area contributed by atoms with Gasteiger partial charge in [0.2, 0.25) is 5.91 Å². The van der Waals surface area contributed by atoms with Crippen molar-refractivity contribution in [3.8, 4) is 0 Å². The van der Waals surface area contributed by atoms with Crippen molar-refractivity contribution in [2.24, 2.45) is 5.92 Å². The maximum absolute atomic E-state index is 12.0. The van der Waals surface area contributed by atoms with Gasteiger partial charge >= 0.3 is 0 Å². The molecule has 1 saturated carbocycles. The Labute approximate surface area is 101 Å². The molecule has 0 aromatic rings. The number of nitrogens with one attached hydrogen (secondary N) is 1. The van der Waals surface area contributed by atoms with Crippen LogP contribution in [0.5, 0.6) is 0 Å². The molecule has 0 radical (unpaired) electrons. The molecule has 15 heavy (non-hydrogen) atoms. The van der Waals surface area contributed by atoms with Gasteiger partial charge in [-0.1, -0.05) is 6.42 Å². The van der Waals surface area contributed by atoms with E-state index in [1.54, 1.807) is 0 Å². The Bertz CT molecular complexity index is 258. The number of carbonyl (C=O) groups excluding carboxylic acids is 1. The Morgan fingerprint density at radius 1 is 1.40 bits per heavy atom. The predicted octanol–water partition coefficient (Wildman–Crippen LogP) is 1.08. The lowest BCUT2D eigenvalue weighted by Gasteiger charge is -2.45. The largest absolute Gasteiger partial charge is 0.338 e. The molecule has 1 N–H and O–H groups in total. The van der Waals surface area contributed by atoms with Crippen molar-refractivity contribution in [1.29, 1.82) is 0 Å². The molecule has 5 heteroatoms. The highest BCUT2D eigenvalue weighted by molar-refractivity contribution is 7.99. The van der Waals surface area contributed by atoms with Crippen LogP contribution in [0.4, 0.5) is 0 Å². The molecule has 0 spiro atoms. The van der Waals surface area contributed by atoms with E-state index >= 15 is 0 Å².